The van der Waals surface area contributed by atoms with Crippen LogP contribution in [0, 0.1) is 12.7 Å². The molecule has 3 rings (SSSR count). The summed E-state index contributed by atoms with van der Waals surface area (Å²) in [6.45, 7) is 5.27. The molecule has 0 atom stereocenters. The Morgan fingerprint density at radius 3 is 2.81 bits per heavy atom. The highest BCUT2D eigenvalue weighted by Gasteiger charge is 2.18. The van der Waals surface area contributed by atoms with Crippen molar-refractivity contribution in [2.45, 2.75) is 6.92 Å². The van der Waals surface area contributed by atoms with Crippen molar-refractivity contribution in [3.63, 3.8) is 0 Å². The number of amides is 1. The van der Waals surface area contributed by atoms with E-state index in [-0.39, 0.29) is 12.4 Å². The molecule has 0 saturated carbocycles. The van der Waals surface area contributed by atoms with Crippen LogP contribution in [0.15, 0.2) is 43.0 Å². The second-order valence-electron chi connectivity index (χ2n) is 5.47. The first-order valence-corrected chi connectivity index (χ1v) is 8.61. The molecule has 0 aliphatic rings. The number of thiophene rings is 1. The maximum Gasteiger partial charge on any atom is 0.348 e. The molecule has 2 heterocycles. The van der Waals surface area contributed by atoms with Gasteiger partial charge in [-0.05, 0) is 37.3 Å². The van der Waals surface area contributed by atoms with E-state index in [0.29, 0.717) is 17.1 Å². The molecule has 0 aliphatic carbocycles. The van der Waals surface area contributed by atoms with Crippen molar-refractivity contribution in [3.05, 3.63) is 59.4 Å². The molecular weight excluding hydrogens is 357 g/mol. The summed E-state index contributed by atoms with van der Waals surface area (Å²) in [6.07, 6.45) is 1.54. The number of nitrogens with one attached hydrogen (secondary N) is 1. The summed E-state index contributed by atoms with van der Waals surface area (Å²) in [5.41, 5.74) is 1.43. The van der Waals surface area contributed by atoms with E-state index in [9.17, 15) is 14.0 Å². The number of aryl methyl sites for hydroxylation is 1. The van der Waals surface area contributed by atoms with Gasteiger partial charge in [0.15, 0.2) is 6.61 Å². The number of carbonyl (C=O) groups is 2. The first kappa shape index (κ1) is 17.8. The van der Waals surface area contributed by atoms with Crippen LogP contribution in [0.3, 0.4) is 0 Å². The van der Waals surface area contributed by atoms with Gasteiger partial charge in [-0.3, -0.25) is 4.79 Å². The number of hydrogen-bond donors (Lipinski definition) is 1. The number of benzene rings is 1. The molecule has 0 spiro atoms. The molecule has 26 heavy (non-hydrogen) atoms. The fourth-order valence-corrected chi connectivity index (χ4v) is 3.42. The molecule has 0 radical (unpaired) electrons. The Bertz CT molecular complexity index is 976. The van der Waals surface area contributed by atoms with Gasteiger partial charge in [-0.25, -0.2) is 13.9 Å². The Labute approximate surface area is 152 Å². The number of aromatic nitrogens is 2. The number of nitrogens with zero attached hydrogens (tertiary/aromatic N) is 2. The standard InChI is InChI=1S/C18H16FN3O3S/c1-3-8-20-16(23)10-25-18(24)15-9-14-11(2)21-22(17(14)26-15)13-6-4-12(19)5-7-13/h3-7,9H,1,8,10H2,2H3,(H,20,23). The molecule has 6 nitrogen and oxygen atoms in total. The predicted molar refractivity (Wildman–Crippen MR) is 97.1 cm³/mol. The van der Waals surface area contributed by atoms with Crippen LogP contribution < -0.4 is 5.32 Å². The van der Waals surface area contributed by atoms with E-state index in [1.54, 1.807) is 22.9 Å². The van der Waals surface area contributed by atoms with E-state index >= 15 is 0 Å². The molecule has 1 N–H and O–H groups in total. The lowest BCUT2D eigenvalue weighted by atomic mass is 10.3. The van der Waals surface area contributed by atoms with E-state index in [1.165, 1.54) is 29.5 Å². The highest BCUT2D eigenvalue weighted by molar-refractivity contribution is 7.20. The molecule has 2 aromatic heterocycles. The van der Waals surface area contributed by atoms with Crippen molar-refractivity contribution >= 4 is 33.4 Å². The van der Waals surface area contributed by atoms with Crippen LogP contribution in [0.1, 0.15) is 15.4 Å². The SMILES string of the molecule is C=CCNC(=O)COC(=O)c1cc2c(C)nn(-c3ccc(F)cc3)c2s1. The highest BCUT2D eigenvalue weighted by atomic mass is 32.1. The highest BCUT2D eigenvalue weighted by Crippen LogP contribution is 2.30. The number of fused-ring (bicyclic) bond motifs is 1. The molecule has 1 aromatic carbocycles. The summed E-state index contributed by atoms with van der Waals surface area (Å²) in [5, 5.41) is 7.77. The lowest BCUT2D eigenvalue weighted by Crippen LogP contribution is -2.28. The largest absolute Gasteiger partial charge is 0.451 e. The number of halogens is 1. The zero-order valence-corrected chi connectivity index (χ0v) is 14.8. The zero-order valence-electron chi connectivity index (χ0n) is 14.0. The quantitative estimate of drug-likeness (QED) is 0.533. The van der Waals surface area contributed by atoms with Gasteiger partial charge >= 0.3 is 5.97 Å². The monoisotopic (exact) mass is 373 g/mol. The first-order valence-electron chi connectivity index (χ1n) is 7.79. The van der Waals surface area contributed by atoms with E-state index in [0.717, 1.165) is 15.9 Å². The van der Waals surface area contributed by atoms with Crippen molar-refractivity contribution in [2.24, 2.45) is 0 Å². The lowest BCUT2D eigenvalue weighted by molar-refractivity contribution is -0.124. The molecule has 3 aromatic rings. The topological polar surface area (TPSA) is 73.2 Å². The smallest absolute Gasteiger partial charge is 0.348 e. The Morgan fingerprint density at radius 2 is 2.12 bits per heavy atom. The predicted octanol–water partition coefficient (Wildman–Crippen LogP) is 2.99. The molecular formula is C18H16FN3O3S. The summed E-state index contributed by atoms with van der Waals surface area (Å²) in [4.78, 5) is 24.8. The minimum Gasteiger partial charge on any atom is -0.451 e. The molecule has 1 amide bonds. The van der Waals surface area contributed by atoms with Crippen molar-refractivity contribution in [1.82, 2.24) is 15.1 Å². The van der Waals surface area contributed by atoms with Gasteiger partial charge in [0.2, 0.25) is 0 Å². The van der Waals surface area contributed by atoms with Crippen LogP contribution in [-0.4, -0.2) is 34.8 Å². The normalized spacial score (nSPS) is 10.7. The van der Waals surface area contributed by atoms with Gasteiger partial charge in [0.05, 0.1) is 11.4 Å². The number of rotatable bonds is 6. The van der Waals surface area contributed by atoms with Crippen LogP contribution in [0.4, 0.5) is 4.39 Å². The van der Waals surface area contributed by atoms with Crippen molar-refractivity contribution in [2.75, 3.05) is 13.2 Å². The van der Waals surface area contributed by atoms with Crippen LogP contribution >= 0.6 is 11.3 Å². The van der Waals surface area contributed by atoms with Gasteiger partial charge in [-0.1, -0.05) is 6.08 Å². The van der Waals surface area contributed by atoms with Gasteiger partial charge in [0.25, 0.3) is 5.91 Å². The van der Waals surface area contributed by atoms with Crippen molar-refractivity contribution in [3.8, 4) is 5.69 Å². The summed E-state index contributed by atoms with van der Waals surface area (Å²) in [5.74, 6) is -1.31. The minimum atomic E-state index is -0.579. The van der Waals surface area contributed by atoms with Crippen LogP contribution in [0.2, 0.25) is 0 Å². The van der Waals surface area contributed by atoms with E-state index < -0.39 is 11.9 Å². The Morgan fingerprint density at radius 1 is 1.38 bits per heavy atom. The fourth-order valence-electron chi connectivity index (χ4n) is 2.34. The third-order valence-corrected chi connectivity index (χ3v) is 4.69. The second kappa shape index (κ2) is 7.49. The van der Waals surface area contributed by atoms with Crippen molar-refractivity contribution < 1.29 is 18.7 Å². The van der Waals surface area contributed by atoms with Crippen LogP contribution in [-0.2, 0) is 9.53 Å². The first-order chi connectivity index (χ1) is 12.5. The maximum absolute atomic E-state index is 13.1. The molecule has 8 heteroatoms. The molecule has 0 fully saturated rings. The number of ether oxygens (including phenoxy) is 1. The minimum absolute atomic E-state index is 0.311. The average Bonchev–Trinajstić information content (AvgIpc) is 3.19. The summed E-state index contributed by atoms with van der Waals surface area (Å²) in [7, 11) is 0. The molecule has 0 bridgehead atoms. The third-order valence-electron chi connectivity index (χ3n) is 3.59. The van der Waals surface area contributed by atoms with E-state index in [1.807, 2.05) is 6.92 Å². The molecule has 0 aliphatic heterocycles. The third kappa shape index (κ3) is 3.65. The van der Waals surface area contributed by atoms with Gasteiger partial charge in [-0.2, -0.15) is 5.10 Å². The number of hydrogen-bond acceptors (Lipinski definition) is 5. The van der Waals surface area contributed by atoms with Gasteiger partial charge < -0.3 is 10.1 Å². The Balaban J connectivity index is 1.82. The fraction of sp³-hybridized carbons (Fsp3) is 0.167. The summed E-state index contributed by atoms with van der Waals surface area (Å²) >= 11 is 1.21. The van der Waals surface area contributed by atoms with Crippen LogP contribution in [0.25, 0.3) is 15.9 Å². The maximum atomic E-state index is 13.1. The molecule has 0 unspecified atom stereocenters. The summed E-state index contributed by atoms with van der Waals surface area (Å²) in [6, 6.07) is 7.61. The zero-order chi connectivity index (χ0) is 18.7. The molecule has 134 valence electrons. The second-order valence-corrected chi connectivity index (χ2v) is 6.50. The van der Waals surface area contributed by atoms with E-state index in [4.69, 9.17) is 4.74 Å². The van der Waals surface area contributed by atoms with Gasteiger partial charge in [0, 0.05) is 11.9 Å². The Kier molecular flexibility index (Phi) is 5.13. The number of carbonyl (C=O) groups excluding carboxylic acids is 2. The van der Waals surface area contributed by atoms with Gasteiger partial charge in [0.1, 0.15) is 15.5 Å². The summed E-state index contributed by atoms with van der Waals surface area (Å²) < 4.78 is 19.8. The van der Waals surface area contributed by atoms with E-state index in [2.05, 4.69) is 17.0 Å². The van der Waals surface area contributed by atoms with Gasteiger partial charge in [-0.15, -0.1) is 17.9 Å². The Hall–Kier alpha value is -3.00. The average molecular weight is 373 g/mol. The lowest BCUT2D eigenvalue weighted by Gasteiger charge is -2.04. The number of esters is 1. The molecule has 0 saturated heterocycles. The van der Waals surface area contributed by atoms with Crippen LogP contribution in [0.5, 0.6) is 0 Å². The van der Waals surface area contributed by atoms with Crippen molar-refractivity contribution in [1.29, 1.82) is 0 Å².